The third-order valence-corrected chi connectivity index (χ3v) is 6.16. The smallest absolute Gasteiger partial charge is 0.207 e. The van der Waals surface area contributed by atoms with Crippen molar-refractivity contribution in [3.8, 4) is 6.07 Å². The molecule has 0 aliphatic carbocycles. The molecule has 1 aromatic carbocycles. The average Bonchev–Trinajstić information content (AvgIpc) is 2.30. The van der Waals surface area contributed by atoms with Gasteiger partial charge in [-0.3, -0.25) is 0 Å². The van der Waals surface area contributed by atoms with Gasteiger partial charge in [-0.1, -0.05) is 22.9 Å². The molecule has 7 heteroatoms. The van der Waals surface area contributed by atoms with Crippen molar-refractivity contribution in [2.24, 2.45) is 0 Å². The minimum atomic E-state index is -3.65. The second-order valence-corrected chi connectivity index (χ2v) is 7.24. The lowest BCUT2D eigenvalue weighted by atomic mass is 10.2. The Hall–Kier alpha value is -0.420. The fourth-order valence-electron chi connectivity index (χ4n) is 1.41. The Balaban J connectivity index is 3.37. The van der Waals surface area contributed by atoms with E-state index in [9.17, 15) is 8.42 Å². The van der Waals surface area contributed by atoms with Crippen LogP contribution in [0.2, 0.25) is 0 Å². The minimum absolute atomic E-state index is 0.156. The monoisotopic (exact) mass is 394 g/mol. The van der Waals surface area contributed by atoms with Crippen LogP contribution in [-0.2, 0) is 10.0 Å². The van der Waals surface area contributed by atoms with Crippen molar-refractivity contribution < 1.29 is 8.42 Å². The summed E-state index contributed by atoms with van der Waals surface area (Å²) in [5.74, 6) is 0. The first kappa shape index (κ1) is 15.6. The lowest BCUT2D eigenvalue weighted by Crippen LogP contribution is -2.31. The fraction of sp³-hybridized carbons (Fsp3) is 0.364. The van der Waals surface area contributed by atoms with Crippen molar-refractivity contribution in [3.05, 3.63) is 26.6 Å². The van der Waals surface area contributed by atoms with Gasteiger partial charge in [0.05, 0.1) is 11.0 Å². The Bertz CT molecular complexity index is 594. The van der Waals surface area contributed by atoms with Gasteiger partial charge in [-0.15, -0.1) is 0 Å². The highest BCUT2D eigenvalue weighted by molar-refractivity contribution is 9.11. The average molecular weight is 396 g/mol. The number of nitriles is 1. The van der Waals surface area contributed by atoms with E-state index < -0.39 is 10.0 Å². The van der Waals surface area contributed by atoms with Gasteiger partial charge in [-0.25, -0.2) is 8.42 Å². The molecule has 18 heavy (non-hydrogen) atoms. The molecular formula is C11H12Br2N2O2S. The van der Waals surface area contributed by atoms with Crippen LogP contribution in [0.25, 0.3) is 0 Å². The largest absolute Gasteiger partial charge is 0.245 e. The molecule has 0 bridgehead atoms. The van der Waals surface area contributed by atoms with Crippen molar-refractivity contribution in [3.63, 3.8) is 0 Å². The molecule has 0 unspecified atom stereocenters. The van der Waals surface area contributed by atoms with Gasteiger partial charge >= 0.3 is 0 Å². The van der Waals surface area contributed by atoms with E-state index in [0.717, 1.165) is 14.3 Å². The third-order valence-electron chi connectivity index (χ3n) is 2.43. The van der Waals surface area contributed by atoms with Gasteiger partial charge < -0.3 is 0 Å². The molecule has 0 atom stereocenters. The summed E-state index contributed by atoms with van der Waals surface area (Å²) in [6, 6.07) is 5.14. The normalized spacial score (nSPS) is 11.6. The molecule has 1 rings (SSSR count). The van der Waals surface area contributed by atoms with Crippen LogP contribution in [0.5, 0.6) is 0 Å². The van der Waals surface area contributed by atoms with Gasteiger partial charge in [0.15, 0.2) is 0 Å². The Morgan fingerprint density at radius 1 is 1.33 bits per heavy atom. The van der Waals surface area contributed by atoms with E-state index in [1.165, 1.54) is 0 Å². The number of aryl methyl sites for hydroxylation is 1. The molecule has 0 amide bonds. The Kier molecular flexibility index (Phi) is 5.34. The molecule has 0 spiro atoms. The summed E-state index contributed by atoms with van der Waals surface area (Å²) in [4.78, 5) is 0.164. The van der Waals surface area contributed by atoms with Crippen molar-refractivity contribution in [1.82, 2.24) is 4.31 Å². The molecule has 4 nitrogen and oxygen atoms in total. The molecule has 0 aliphatic heterocycles. The zero-order valence-electron chi connectivity index (χ0n) is 9.94. The fourth-order valence-corrected chi connectivity index (χ4v) is 4.39. The van der Waals surface area contributed by atoms with Crippen LogP contribution in [0.3, 0.4) is 0 Å². The van der Waals surface area contributed by atoms with Crippen LogP contribution < -0.4 is 0 Å². The molecule has 0 heterocycles. The second-order valence-electron chi connectivity index (χ2n) is 3.62. The van der Waals surface area contributed by atoms with Gasteiger partial charge in [0.2, 0.25) is 10.0 Å². The predicted molar refractivity (Wildman–Crippen MR) is 76.6 cm³/mol. The lowest BCUT2D eigenvalue weighted by Gasteiger charge is -2.18. The summed E-state index contributed by atoms with van der Waals surface area (Å²) in [6.07, 6.45) is 0. The predicted octanol–water partition coefficient (Wildman–Crippen LogP) is 3.05. The second kappa shape index (κ2) is 6.15. The van der Waals surface area contributed by atoms with Crippen molar-refractivity contribution in [2.45, 2.75) is 18.7 Å². The standard InChI is InChI=1S/C11H12Br2N2O2S/c1-3-15(5-4-14)18(16,17)11-7-9(12)8(2)6-10(11)13/h6-7H,3,5H2,1-2H3. The number of rotatable bonds is 4. The first-order valence-corrected chi connectivity index (χ1v) is 8.20. The van der Waals surface area contributed by atoms with E-state index in [2.05, 4.69) is 31.9 Å². The number of benzene rings is 1. The highest BCUT2D eigenvalue weighted by Crippen LogP contribution is 2.30. The first-order chi connectivity index (χ1) is 8.34. The highest BCUT2D eigenvalue weighted by Gasteiger charge is 2.25. The van der Waals surface area contributed by atoms with Gasteiger partial charge in [-0.05, 0) is 40.5 Å². The van der Waals surface area contributed by atoms with Gasteiger partial charge in [0.1, 0.15) is 6.54 Å². The Morgan fingerprint density at radius 2 is 1.94 bits per heavy atom. The molecule has 98 valence electrons. The highest BCUT2D eigenvalue weighted by atomic mass is 79.9. The van der Waals surface area contributed by atoms with Crippen LogP contribution in [0.1, 0.15) is 12.5 Å². The molecular weight excluding hydrogens is 384 g/mol. The molecule has 0 fully saturated rings. The molecule has 1 aromatic rings. The number of hydrogen-bond acceptors (Lipinski definition) is 3. The van der Waals surface area contributed by atoms with Crippen LogP contribution in [0.4, 0.5) is 0 Å². The molecule has 0 aromatic heterocycles. The van der Waals surface area contributed by atoms with E-state index in [4.69, 9.17) is 5.26 Å². The summed E-state index contributed by atoms with van der Waals surface area (Å²) < 4.78 is 27.1. The van der Waals surface area contributed by atoms with Crippen molar-refractivity contribution in [2.75, 3.05) is 13.1 Å². The quantitative estimate of drug-likeness (QED) is 0.736. The van der Waals surface area contributed by atoms with Gasteiger partial charge in [0, 0.05) is 15.5 Å². The number of hydrogen-bond donors (Lipinski definition) is 0. The molecule has 0 radical (unpaired) electrons. The zero-order chi connectivity index (χ0) is 13.9. The molecule has 0 N–H and O–H groups in total. The van der Waals surface area contributed by atoms with Crippen LogP contribution >= 0.6 is 31.9 Å². The molecule has 0 saturated carbocycles. The summed E-state index contributed by atoms with van der Waals surface area (Å²) in [5.41, 5.74) is 0.934. The first-order valence-electron chi connectivity index (χ1n) is 5.17. The molecule has 0 saturated heterocycles. The molecule has 0 aliphatic rings. The third kappa shape index (κ3) is 3.12. The van der Waals surface area contributed by atoms with Gasteiger partial charge in [0.25, 0.3) is 0 Å². The SMILES string of the molecule is CCN(CC#N)S(=O)(=O)c1cc(Br)c(C)cc1Br. The lowest BCUT2D eigenvalue weighted by molar-refractivity contribution is 0.462. The summed E-state index contributed by atoms with van der Waals surface area (Å²) in [7, 11) is -3.65. The number of sulfonamides is 1. The van der Waals surface area contributed by atoms with Gasteiger partial charge in [-0.2, -0.15) is 9.57 Å². The Morgan fingerprint density at radius 3 is 2.44 bits per heavy atom. The van der Waals surface area contributed by atoms with Crippen molar-refractivity contribution >= 4 is 41.9 Å². The summed E-state index contributed by atoms with van der Waals surface area (Å²) in [6.45, 7) is 3.68. The van der Waals surface area contributed by atoms with Crippen LogP contribution in [-0.4, -0.2) is 25.8 Å². The van der Waals surface area contributed by atoms with E-state index in [1.54, 1.807) is 19.1 Å². The zero-order valence-corrected chi connectivity index (χ0v) is 13.9. The Labute approximate surface area is 124 Å². The summed E-state index contributed by atoms with van der Waals surface area (Å²) >= 11 is 6.57. The summed E-state index contributed by atoms with van der Waals surface area (Å²) in [5, 5.41) is 8.67. The van der Waals surface area contributed by atoms with Crippen LogP contribution in [0.15, 0.2) is 26.0 Å². The van der Waals surface area contributed by atoms with Crippen LogP contribution in [0, 0.1) is 18.3 Å². The number of nitrogens with zero attached hydrogens (tertiary/aromatic N) is 2. The van der Waals surface area contributed by atoms with E-state index in [0.29, 0.717) is 4.47 Å². The van der Waals surface area contributed by atoms with Crippen molar-refractivity contribution in [1.29, 1.82) is 5.26 Å². The van der Waals surface area contributed by atoms with E-state index >= 15 is 0 Å². The maximum atomic E-state index is 12.4. The minimum Gasteiger partial charge on any atom is -0.207 e. The van der Waals surface area contributed by atoms with E-state index in [1.807, 2.05) is 13.0 Å². The maximum absolute atomic E-state index is 12.4. The maximum Gasteiger partial charge on any atom is 0.245 e. The van der Waals surface area contributed by atoms with E-state index in [-0.39, 0.29) is 18.0 Å². The number of halogens is 2. The topological polar surface area (TPSA) is 61.2 Å².